The van der Waals surface area contributed by atoms with Gasteiger partial charge in [0.25, 0.3) is 11.6 Å². The number of hydrogen-bond acceptors (Lipinski definition) is 5. The Labute approximate surface area is 142 Å². The van der Waals surface area contributed by atoms with Crippen molar-refractivity contribution in [3.05, 3.63) is 24.3 Å². The number of amides is 1. The molecule has 9 heteroatoms. The molecule has 1 N–H and O–H groups in total. The van der Waals surface area contributed by atoms with Crippen LogP contribution < -0.4 is 9.47 Å². The number of halogens is 3. The fraction of sp³-hybridized carbons (Fsp3) is 0.500. The summed E-state index contributed by atoms with van der Waals surface area (Å²) in [4.78, 5) is 12.2. The number of carbonyl (C=O) groups is 1. The van der Waals surface area contributed by atoms with E-state index in [2.05, 4.69) is 5.10 Å². The molecule has 25 heavy (non-hydrogen) atoms. The smallest absolute Gasteiger partial charge is 0.438 e. The van der Waals surface area contributed by atoms with Gasteiger partial charge in [0.1, 0.15) is 11.5 Å². The maximum atomic E-state index is 13.2. The lowest BCUT2D eigenvalue weighted by Gasteiger charge is -2.32. The van der Waals surface area contributed by atoms with Crippen molar-refractivity contribution in [2.75, 3.05) is 13.7 Å². The zero-order valence-electron chi connectivity index (χ0n) is 13.8. The molecule has 0 aliphatic carbocycles. The van der Waals surface area contributed by atoms with E-state index in [1.165, 1.54) is 19.2 Å². The number of aliphatic hydroxyl groups is 1. The molecule has 138 valence electrons. The van der Waals surface area contributed by atoms with E-state index in [4.69, 9.17) is 9.47 Å². The first kappa shape index (κ1) is 19.0. The summed E-state index contributed by atoms with van der Waals surface area (Å²) in [6.07, 6.45) is -4.96. The van der Waals surface area contributed by atoms with Crippen LogP contribution in [-0.4, -0.2) is 47.4 Å². The van der Waals surface area contributed by atoms with Crippen LogP contribution in [0, 0.1) is 0 Å². The van der Waals surface area contributed by atoms with Gasteiger partial charge in [-0.2, -0.15) is 23.3 Å². The van der Waals surface area contributed by atoms with Crippen LogP contribution in [-0.2, 0) is 4.79 Å². The standard InChI is InChI=1S/C16H19F3N2O4/c1-3-4-11-9-15(23,16(17,18)19)21(20-11)14(22)10-25-13-7-5-12(24-2)6-8-13/h5-8,23H,3-4,9-10H2,1-2H3/t15-/m1/s1. The molecule has 1 aliphatic rings. The highest BCUT2D eigenvalue weighted by atomic mass is 19.4. The minimum atomic E-state index is -5.03. The minimum Gasteiger partial charge on any atom is -0.497 e. The average Bonchev–Trinajstić information content (AvgIpc) is 2.91. The van der Waals surface area contributed by atoms with Crippen molar-refractivity contribution in [3.8, 4) is 11.5 Å². The summed E-state index contributed by atoms with van der Waals surface area (Å²) >= 11 is 0. The van der Waals surface area contributed by atoms with Crippen molar-refractivity contribution in [3.63, 3.8) is 0 Å². The molecule has 0 unspecified atom stereocenters. The van der Waals surface area contributed by atoms with Crippen molar-refractivity contribution < 1.29 is 32.5 Å². The molecule has 0 saturated heterocycles. The van der Waals surface area contributed by atoms with Gasteiger partial charge in [-0.1, -0.05) is 13.3 Å². The summed E-state index contributed by atoms with van der Waals surface area (Å²) in [6.45, 7) is 1.08. The summed E-state index contributed by atoms with van der Waals surface area (Å²) < 4.78 is 49.9. The Morgan fingerprint density at radius 1 is 1.32 bits per heavy atom. The fourth-order valence-corrected chi connectivity index (χ4v) is 2.41. The van der Waals surface area contributed by atoms with Crippen LogP contribution in [0.3, 0.4) is 0 Å². The molecule has 1 atom stereocenters. The lowest BCUT2D eigenvalue weighted by molar-refractivity contribution is -0.302. The first-order valence-corrected chi connectivity index (χ1v) is 7.66. The summed E-state index contributed by atoms with van der Waals surface area (Å²) in [5.74, 6) is -0.234. The largest absolute Gasteiger partial charge is 0.497 e. The summed E-state index contributed by atoms with van der Waals surface area (Å²) in [6, 6.07) is 6.19. The molecule has 1 aliphatic heterocycles. The Morgan fingerprint density at radius 2 is 1.92 bits per heavy atom. The number of carbonyl (C=O) groups excluding carboxylic acids is 1. The van der Waals surface area contributed by atoms with E-state index in [0.717, 1.165) is 0 Å². The molecule has 2 rings (SSSR count). The number of rotatable bonds is 6. The quantitative estimate of drug-likeness (QED) is 0.847. The van der Waals surface area contributed by atoms with Gasteiger partial charge in [-0.05, 0) is 30.7 Å². The highest BCUT2D eigenvalue weighted by molar-refractivity contribution is 5.91. The number of hydrogen-bond donors (Lipinski definition) is 1. The summed E-state index contributed by atoms with van der Waals surface area (Å²) in [5, 5.41) is 13.8. The van der Waals surface area contributed by atoms with Gasteiger partial charge < -0.3 is 14.6 Å². The zero-order chi connectivity index (χ0) is 18.7. The van der Waals surface area contributed by atoms with Crippen LogP contribution in [0.2, 0.25) is 0 Å². The number of nitrogens with zero attached hydrogens (tertiary/aromatic N) is 2. The molecule has 0 fully saturated rings. The van der Waals surface area contributed by atoms with Crippen LogP contribution in [0.4, 0.5) is 13.2 Å². The van der Waals surface area contributed by atoms with Gasteiger partial charge in [-0.3, -0.25) is 4.79 Å². The topological polar surface area (TPSA) is 71.4 Å². The first-order chi connectivity index (χ1) is 11.7. The second-order valence-corrected chi connectivity index (χ2v) is 5.58. The maximum absolute atomic E-state index is 13.2. The van der Waals surface area contributed by atoms with E-state index in [1.807, 2.05) is 0 Å². The van der Waals surface area contributed by atoms with Crippen molar-refractivity contribution in [1.29, 1.82) is 0 Å². The van der Waals surface area contributed by atoms with E-state index in [0.29, 0.717) is 12.2 Å². The fourth-order valence-electron chi connectivity index (χ4n) is 2.41. The molecule has 1 heterocycles. The predicted octanol–water partition coefficient (Wildman–Crippen LogP) is 2.71. The molecule has 0 spiro atoms. The van der Waals surface area contributed by atoms with E-state index >= 15 is 0 Å². The summed E-state index contributed by atoms with van der Waals surface area (Å²) in [7, 11) is 1.48. The third-order valence-electron chi connectivity index (χ3n) is 3.69. The van der Waals surface area contributed by atoms with Gasteiger partial charge in [-0.25, -0.2) is 0 Å². The molecule has 0 radical (unpaired) electrons. The molecular weight excluding hydrogens is 341 g/mol. The van der Waals surface area contributed by atoms with Gasteiger partial charge in [0.2, 0.25) is 0 Å². The predicted molar refractivity (Wildman–Crippen MR) is 83.3 cm³/mol. The van der Waals surface area contributed by atoms with Crippen LogP contribution >= 0.6 is 0 Å². The molecule has 6 nitrogen and oxygen atoms in total. The average molecular weight is 360 g/mol. The third-order valence-corrected chi connectivity index (χ3v) is 3.69. The normalized spacial score (nSPS) is 20.4. The molecule has 1 aromatic carbocycles. The van der Waals surface area contributed by atoms with E-state index in [-0.39, 0.29) is 22.9 Å². The lowest BCUT2D eigenvalue weighted by Crippen LogP contribution is -2.57. The van der Waals surface area contributed by atoms with E-state index in [9.17, 15) is 23.1 Å². The third kappa shape index (κ3) is 4.04. The SMILES string of the molecule is CCCC1=NN(C(=O)COc2ccc(OC)cc2)[C@](O)(C(F)(F)F)C1. The molecule has 0 saturated carbocycles. The van der Waals surface area contributed by atoms with Crippen molar-refractivity contribution in [2.24, 2.45) is 5.10 Å². The molecule has 0 bridgehead atoms. The van der Waals surface area contributed by atoms with Gasteiger partial charge in [0, 0.05) is 12.1 Å². The van der Waals surface area contributed by atoms with Gasteiger partial charge in [-0.15, -0.1) is 0 Å². The molecule has 1 aromatic rings. The number of methoxy groups -OCH3 is 1. The van der Waals surface area contributed by atoms with Crippen LogP contribution in [0.15, 0.2) is 29.4 Å². The summed E-state index contributed by atoms with van der Waals surface area (Å²) in [5.41, 5.74) is -3.21. The second-order valence-electron chi connectivity index (χ2n) is 5.58. The first-order valence-electron chi connectivity index (χ1n) is 7.66. The molecule has 1 amide bonds. The Kier molecular flexibility index (Phi) is 5.56. The van der Waals surface area contributed by atoms with Crippen molar-refractivity contribution in [1.82, 2.24) is 5.01 Å². The van der Waals surface area contributed by atoms with Crippen LogP contribution in [0.5, 0.6) is 11.5 Å². The van der Waals surface area contributed by atoms with E-state index in [1.54, 1.807) is 19.1 Å². The highest BCUT2D eigenvalue weighted by Gasteiger charge is 2.63. The number of ether oxygens (including phenoxy) is 2. The zero-order valence-corrected chi connectivity index (χ0v) is 13.8. The number of benzene rings is 1. The number of alkyl halides is 3. The Hall–Kier alpha value is -2.29. The van der Waals surface area contributed by atoms with Crippen LogP contribution in [0.25, 0.3) is 0 Å². The van der Waals surface area contributed by atoms with Crippen molar-refractivity contribution >= 4 is 11.6 Å². The van der Waals surface area contributed by atoms with Crippen molar-refractivity contribution in [2.45, 2.75) is 38.1 Å². The minimum absolute atomic E-state index is 0.0848. The number of hydrazone groups is 1. The Morgan fingerprint density at radius 3 is 2.44 bits per heavy atom. The van der Waals surface area contributed by atoms with Gasteiger partial charge >= 0.3 is 6.18 Å². The van der Waals surface area contributed by atoms with Gasteiger partial charge in [0.05, 0.1) is 7.11 Å². The highest BCUT2D eigenvalue weighted by Crippen LogP contribution is 2.40. The monoisotopic (exact) mass is 360 g/mol. The van der Waals surface area contributed by atoms with Crippen LogP contribution in [0.1, 0.15) is 26.2 Å². The Bertz CT molecular complexity index is 646. The Balaban J connectivity index is 2.10. The van der Waals surface area contributed by atoms with E-state index < -0.39 is 30.8 Å². The lowest BCUT2D eigenvalue weighted by atomic mass is 10.0. The molecule has 0 aromatic heterocycles. The molecular formula is C16H19F3N2O4. The second kappa shape index (κ2) is 7.30. The maximum Gasteiger partial charge on any atom is 0.438 e. The van der Waals surface area contributed by atoms with Gasteiger partial charge in [0.15, 0.2) is 6.61 Å².